The summed E-state index contributed by atoms with van der Waals surface area (Å²) in [5.74, 6) is -1.15. The summed E-state index contributed by atoms with van der Waals surface area (Å²) in [6.45, 7) is 3.93. The van der Waals surface area contributed by atoms with Gasteiger partial charge in [0.25, 0.3) is 0 Å². The van der Waals surface area contributed by atoms with Crippen molar-refractivity contribution in [3.63, 3.8) is 0 Å². The molecular formula is C15H22N2O3. The number of carboxylic acid groups (broad SMARTS) is 1. The zero-order valence-corrected chi connectivity index (χ0v) is 12.0. The van der Waals surface area contributed by atoms with Crippen molar-refractivity contribution >= 4 is 17.6 Å². The molecule has 5 heteroatoms. The minimum Gasteiger partial charge on any atom is -0.480 e. The van der Waals surface area contributed by atoms with Gasteiger partial charge >= 0.3 is 5.97 Å². The second-order valence-electron chi connectivity index (χ2n) is 4.62. The lowest BCUT2D eigenvalue weighted by molar-refractivity contribution is -0.139. The number of aliphatic carboxylic acids is 1. The molecule has 1 atom stereocenters. The van der Waals surface area contributed by atoms with Gasteiger partial charge in [-0.25, -0.2) is 0 Å². The summed E-state index contributed by atoms with van der Waals surface area (Å²) in [5.41, 5.74) is 1.84. The van der Waals surface area contributed by atoms with Crippen LogP contribution in [-0.4, -0.2) is 29.6 Å². The first-order valence-electron chi connectivity index (χ1n) is 6.92. The molecule has 0 saturated heterocycles. The van der Waals surface area contributed by atoms with E-state index in [4.69, 9.17) is 5.11 Å². The van der Waals surface area contributed by atoms with Crippen molar-refractivity contribution in [2.45, 2.75) is 39.2 Å². The molecule has 0 spiro atoms. The van der Waals surface area contributed by atoms with Crippen molar-refractivity contribution in [2.75, 3.05) is 11.9 Å². The van der Waals surface area contributed by atoms with Gasteiger partial charge in [0.2, 0.25) is 5.91 Å². The van der Waals surface area contributed by atoms with E-state index in [1.54, 1.807) is 0 Å². The number of anilines is 1. The van der Waals surface area contributed by atoms with E-state index < -0.39 is 12.0 Å². The Morgan fingerprint density at radius 3 is 2.55 bits per heavy atom. The SMILES string of the molecule is CCCC(NCC(=O)Nc1ccccc1CC)C(=O)O. The fourth-order valence-electron chi connectivity index (χ4n) is 1.96. The number of aryl methyl sites for hydroxylation is 1. The van der Waals surface area contributed by atoms with Gasteiger partial charge in [-0.3, -0.25) is 14.9 Å². The molecule has 0 radical (unpaired) electrons. The van der Waals surface area contributed by atoms with Crippen LogP contribution in [0.2, 0.25) is 0 Å². The van der Waals surface area contributed by atoms with Gasteiger partial charge in [-0.15, -0.1) is 0 Å². The maximum atomic E-state index is 11.8. The Kier molecular flexibility index (Phi) is 6.73. The van der Waals surface area contributed by atoms with Gasteiger partial charge in [0.1, 0.15) is 6.04 Å². The molecule has 0 aliphatic heterocycles. The Morgan fingerprint density at radius 1 is 1.25 bits per heavy atom. The van der Waals surface area contributed by atoms with Crippen LogP contribution >= 0.6 is 0 Å². The molecule has 0 fully saturated rings. The van der Waals surface area contributed by atoms with E-state index in [0.717, 1.165) is 24.1 Å². The summed E-state index contributed by atoms with van der Waals surface area (Å²) >= 11 is 0. The standard InChI is InChI=1S/C15H22N2O3/c1-3-7-13(15(19)20)16-10-14(18)17-12-9-6-5-8-11(12)4-2/h5-6,8-9,13,16H,3-4,7,10H2,1-2H3,(H,17,18)(H,19,20). The average Bonchev–Trinajstić information content (AvgIpc) is 2.43. The molecule has 0 aliphatic carbocycles. The first-order chi connectivity index (χ1) is 9.58. The Balaban J connectivity index is 2.53. The van der Waals surface area contributed by atoms with Crippen molar-refractivity contribution in [1.29, 1.82) is 0 Å². The number of benzene rings is 1. The van der Waals surface area contributed by atoms with Crippen molar-refractivity contribution in [1.82, 2.24) is 5.32 Å². The van der Waals surface area contributed by atoms with Crippen molar-refractivity contribution in [3.05, 3.63) is 29.8 Å². The maximum absolute atomic E-state index is 11.8. The van der Waals surface area contributed by atoms with Gasteiger partial charge in [0.05, 0.1) is 6.54 Å². The monoisotopic (exact) mass is 278 g/mol. The molecule has 0 bridgehead atoms. The highest BCUT2D eigenvalue weighted by atomic mass is 16.4. The summed E-state index contributed by atoms with van der Waals surface area (Å²) in [6, 6.07) is 6.91. The quantitative estimate of drug-likeness (QED) is 0.680. The number of amides is 1. The number of hydrogen-bond acceptors (Lipinski definition) is 3. The molecule has 0 aromatic heterocycles. The van der Waals surface area contributed by atoms with Gasteiger partial charge in [-0.2, -0.15) is 0 Å². The number of carbonyl (C=O) groups is 2. The highest BCUT2D eigenvalue weighted by molar-refractivity contribution is 5.93. The molecule has 5 nitrogen and oxygen atoms in total. The summed E-state index contributed by atoms with van der Waals surface area (Å²) in [7, 11) is 0. The van der Waals surface area contributed by atoms with Crippen LogP contribution in [0.25, 0.3) is 0 Å². The lowest BCUT2D eigenvalue weighted by Gasteiger charge is -2.14. The molecule has 0 saturated carbocycles. The highest BCUT2D eigenvalue weighted by Crippen LogP contribution is 2.14. The first-order valence-corrected chi connectivity index (χ1v) is 6.92. The summed E-state index contributed by atoms with van der Waals surface area (Å²) < 4.78 is 0. The summed E-state index contributed by atoms with van der Waals surface area (Å²) in [5, 5.41) is 14.6. The van der Waals surface area contributed by atoms with E-state index in [1.165, 1.54) is 0 Å². The topological polar surface area (TPSA) is 78.4 Å². The van der Waals surface area contributed by atoms with Gasteiger partial charge in [0.15, 0.2) is 0 Å². The zero-order chi connectivity index (χ0) is 15.0. The lowest BCUT2D eigenvalue weighted by atomic mass is 10.1. The fourth-order valence-corrected chi connectivity index (χ4v) is 1.96. The first kappa shape index (κ1) is 16.2. The predicted octanol–water partition coefficient (Wildman–Crippen LogP) is 2.03. The molecule has 0 aliphatic rings. The van der Waals surface area contributed by atoms with Crippen LogP contribution in [0.5, 0.6) is 0 Å². The molecule has 0 heterocycles. The van der Waals surface area contributed by atoms with Gasteiger partial charge in [0, 0.05) is 5.69 Å². The van der Waals surface area contributed by atoms with E-state index in [1.807, 2.05) is 38.1 Å². The highest BCUT2D eigenvalue weighted by Gasteiger charge is 2.16. The summed E-state index contributed by atoms with van der Waals surface area (Å²) in [6.07, 6.45) is 2.09. The van der Waals surface area contributed by atoms with Crippen LogP contribution in [-0.2, 0) is 16.0 Å². The molecule has 20 heavy (non-hydrogen) atoms. The van der Waals surface area contributed by atoms with E-state index in [-0.39, 0.29) is 12.5 Å². The normalized spacial score (nSPS) is 11.9. The maximum Gasteiger partial charge on any atom is 0.320 e. The van der Waals surface area contributed by atoms with Crippen LogP contribution in [0, 0.1) is 0 Å². The Hall–Kier alpha value is -1.88. The minimum atomic E-state index is -0.923. The second kappa shape index (κ2) is 8.32. The Bertz CT molecular complexity index is 460. The van der Waals surface area contributed by atoms with E-state index in [9.17, 15) is 9.59 Å². The minimum absolute atomic E-state index is 0.00495. The number of carboxylic acids is 1. The number of carbonyl (C=O) groups excluding carboxylic acids is 1. The van der Waals surface area contributed by atoms with Crippen LogP contribution in [0.1, 0.15) is 32.3 Å². The smallest absolute Gasteiger partial charge is 0.320 e. The van der Waals surface area contributed by atoms with Crippen molar-refractivity contribution in [3.8, 4) is 0 Å². The molecular weight excluding hydrogens is 256 g/mol. The van der Waals surface area contributed by atoms with Crippen molar-refractivity contribution < 1.29 is 14.7 Å². The van der Waals surface area contributed by atoms with Gasteiger partial charge in [-0.1, -0.05) is 38.5 Å². The number of nitrogens with one attached hydrogen (secondary N) is 2. The fraction of sp³-hybridized carbons (Fsp3) is 0.467. The molecule has 110 valence electrons. The third-order valence-electron chi connectivity index (χ3n) is 3.06. The van der Waals surface area contributed by atoms with E-state index >= 15 is 0 Å². The zero-order valence-electron chi connectivity index (χ0n) is 12.0. The molecule has 1 rings (SSSR count). The molecule has 1 amide bonds. The van der Waals surface area contributed by atoms with E-state index in [2.05, 4.69) is 10.6 Å². The molecule has 1 unspecified atom stereocenters. The summed E-state index contributed by atoms with van der Waals surface area (Å²) in [4.78, 5) is 22.8. The van der Waals surface area contributed by atoms with Crippen LogP contribution in [0.4, 0.5) is 5.69 Å². The number of hydrogen-bond donors (Lipinski definition) is 3. The lowest BCUT2D eigenvalue weighted by Crippen LogP contribution is -2.41. The molecule has 3 N–H and O–H groups in total. The Morgan fingerprint density at radius 2 is 1.95 bits per heavy atom. The second-order valence-corrected chi connectivity index (χ2v) is 4.62. The third-order valence-corrected chi connectivity index (χ3v) is 3.06. The number of para-hydroxylation sites is 1. The van der Waals surface area contributed by atoms with Crippen LogP contribution in [0.3, 0.4) is 0 Å². The number of rotatable bonds is 8. The predicted molar refractivity (Wildman–Crippen MR) is 78.8 cm³/mol. The Labute approximate surface area is 119 Å². The van der Waals surface area contributed by atoms with E-state index in [0.29, 0.717) is 6.42 Å². The molecule has 1 aromatic rings. The van der Waals surface area contributed by atoms with Crippen LogP contribution < -0.4 is 10.6 Å². The average molecular weight is 278 g/mol. The molecule has 1 aromatic carbocycles. The van der Waals surface area contributed by atoms with Crippen molar-refractivity contribution in [2.24, 2.45) is 0 Å². The van der Waals surface area contributed by atoms with Gasteiger partial charge in [-0.05, 0) is 24.5 Å². The van der Waals surface area contributed by atoms with Gasteiger partial charge < -0.3 is 10.4 Å². The van der Waals surface area contributed by atoms with Crippen LogP contribution in [0.15, 0.2) is 24.3 Å². The third kappa shape index (κ3) is 5.01. The largest absolute Gasteiger partial charge is 0.480 e.